The standard InChI is InChI=1S/C19H23NO4/c1-12(2)16(11-13-7-3-4-8-13)19(23)24-20-17(21)14-9-5-6-10-15(14)18(20)22/h5-6,9-10,12-13,16H,3-4,7-8,11H2,1-2H3. The summed E-state index contributed by atoms with van der Waals surface area (Å²) < 4.78 is 0. The Labute approximate surface area is 141 Å². The van der Waals surface area contributed by atoms with E-state index in [9.17, 15) is 14.4 Å². The van der Waals surface area contributed by atoms with E-state index < -0.39 is 17.8 Å². The fourth-order valence-corrected chi connectivity index (χ4v) is 3.65. The molecular weight excluding hydrogens is 306 g/mol. The van der Waals surface area contributed by atoms with Crippen molar-refractivity contribution in [2.75, 3.05) is 0 Å². The molecule has 1 heterocycles. The maximum absolute atomic E-state index is 12.6. The van der Waals surface area contributed by atoms with E-state index in [-0.39, 0.29) is 23.0 Å². The lowest BCUT2D eigenvalue weighted by molar-refractivity contribution is -0.176. The maximum Gasteiger partial charge on any atom is 0.336 e. The van der Waals surface area contributed by atoms with Crippen molar-refractivity contribution in [1.82, 2.24) is 5.06 Å². The number of benzene rings is 1. The SMILES string of the molecule is CC(C)C(CC1CCCC1)C(=O)ON1C(=O)c2ccccc2C1=O. The Kier molecular flexibility index (Phi) is 4.69. The Balaban J connectivity index is 1.71. The minimum absolute atomic E-state index is 0.105. The van der Waals surface area contributed by atoms with Crippen molar-refractivity contribution in [3.63, 3.8) is 0 Å². The minimum Gasteiger partial charge on any atom is -0.329 e. The molecule has 1 aromatic rings. The van der Waals surface area contributed by atoms with Crippen LogP contribution in [0.1, 0.15) is 66.7 Å². The summed E-state index contributed by atoms with van der Waals surface area (Å²) in [6.07, 6.45) is 5.47. The first-order valence-corrected chi connectivity index (χ1v) is 8.68. The number of hydrogen-bond donors (Lipinski definition) is 0. The number of rotatable bonds is 5. The van der Waals surface area contributed by atoms with Crippen LogP contribution in [0.15, 0.2) is 24.3 Å². The van der Waals surface area contributed by atoms with Crippen molar-refractivity contribution < 1.29 is 19.2 Å². The molecule has 1 unspecified atom stereocenters. The quantitative estimate of drug-likeness (QED) is 0.774. The third-order valence-electron chi connectivity index (χ3n) is 5.11. The summed E-state index contributed by atoms with van der Waals surface area (Å²) in [6.45, 7) is 3.95. The highest BCUT2D eigenvalue weighted by Crippen LogP contribution is 2.34. The van der Waals surface area contributed by atoms with Crippen molar-refractivity contribution in [2.24, 2.45) is 17.8 Å². The predicted octanol–water partition coefficient (Wildman–Crippen LogP) is 3.59. The average molecular weight is 329 g/mol. The van der Waals surface area contributed by atoms with Gasteiger partial charge in [-0.05, 0) is 30.4 Å². The number of nitrogens with zero attached hydrogens (tertiary/aromatic N) is 1. The third-order valence-corrected chi connectivity index (χ3v) is 5.11. The van der Waals surface area contributed by atoms with E-state index in [2.05, 4.69) is 0 Å². The number of amides is 2. The van der Waals surface area contributed by atoms with Gasteiger partial charge in [-0.25, -0.2) is 4.79 Å². The van der Waals surface area contributed by atoms with Crippen LogP contribution in [0.25, 0.3) is 0 Å². The molecule has 0 saturated heterocycles. The summed E-state index contributed by atoms with van der Waals surface area (Å²) in [5, 5.41) is 0.622. The van der Waals surface area contributed by atoms with Crippen molar-refractivity contribution in [3.05, 3.63) is 35.4 Å². The second kappa shape index (κ2) is 6.75. The van der Waals surface area contributed by atoms with Gasteiger partial charge in [0, 0.05) is 0 Å². The number of fused-ring (bicyclic) bond motifs is 1. The Morgan fingerprint density at radius 2 is 1.67 bits per heavy atom. The first kappa shape index (κ1) is 16.7. The van der Waals surface area contributed by atoms with E-state index in [1.165, 1.54) is 12.8 Å². The lowest BCUT2D eigenvalue weighted by Crippen LogP contribution is -2.36. The van der Waals surface area contributed by atoms with E-state index >= 15 is 0 Å². The van der Waals surface area contributed by atoms with Gasteiger partial charge in [0.1, 0.15) is 0 Å². The zero-order valence-corrected chi connectivity index (χ0v) is 14.2. The first-order valence-electron chi connectivity index (χ1n) is 8.68. The van der Waals surface area contributed by atoms with Crippen molar-refractivity contribution in [3.8, 4) is 0 Å². The van der Waals surface area contributed by atoms with Gasteiger partial charge in [-0.15, -0.1) is 0 Å². The molecular formula is C19H23NO4. The fourth-order valence-electron chi connectivity index (χ4n) is 3.65. The molecule has 2 amide bonds. The van der Waals surface area contributed by atoms with Crippen molar-refractivity contribution in [2.45, 2.75) is 46.0 Å². The molecule has 2 aliphatic rings. The third kappa shape index (κ3) is 3.07. The lowest BCUT2D eigenvalue weighted by atomic mass is 9.86. The monoisotopic (exact) mass is 329 g/mol. The van der Waals surface area contributed by atoms with Gasteiger partial charge in [-0.3, -0.25) is 9.59 Å². The summed E-state index contributed by atoms with van der Waals surface area (Å²) >= 11 is 0. The van der Waals surface area contributed by atoms with Gasteiger partial charge >= 0.3 is 5.97 Å². The summed E-state index contributed by atoms with van der Waals surface area (Å²) in [6, 6.07) is 6.52. The number of hydroxylamine groups is 2. The molecule has 5 heteroatoms. The zero-order chi connectivity index (χ0) is 17.3. The van der Waals surface area contributed by atoms with Crippen LogP contribution in [-0.4, -0.2) is 22.8 Å². The van der Waals surface area contributed by atoms with Gasteiger partial charge in [0.15, 0.2) is 0 Å². The van der Waals surface area contributed by atoms with Crippen LogP contribution < -0.4 is 0 Å². The summed E-state index contributed by atoms with van der Waals surface area (Å²) in [5.74, 6) is -1.26. The van der Waals surface area contributed by atoms with Crippen LogP contribution in [0.5, 0.6) is 0 Å². The number of hydrogen-bond acceptors (Lipinski definition) is 4. The molecule has 3 rings (SSSR count). The van der Waals surface area contributed by atoms with E-state index in [4.69, 9.17) is 4.84 Å². The molecule has 128 valence electrons. The van der Waals surface area contributed by atoms with E-state index in [0.717, 1.165) is 19.3 Å². The second-order valence-electron chi connectivity index (χ2n) is 7.10. The first-order chi connectivity index (χ1) is 11.5. The lowest BCUT2D eigenvalue weighted by Gasteiger charge is -2.24. The normalized spacial score (nSPS) is 19.0. The predicted molar refractivity (Wildman–Crippen MR) is 87.9 cm³/mol. The minimum atomic E-state index is -0.563. The molecule has 24 heavy (non-hydrogen) atoms. The van der Waals surface area contributed by atoms with Crippen LogP contribution in [0.2, 0.25) is 0 Å². The smallest absolute Gasteiger partial charge is 0.329 e. The van der Waals surface area contributed by atoms with Gasteiger partial charge in [-0.2, -0.15) is 0 Å². The zero-order valence-electron chi connectivity index (χ0n) is 14.2. The Morgan fingerprint density at radius 3 is 2.17 bits per heavy atom. The molecule has 0 bridgehead atoms. The van der Waals surface area contributed by atoms with Gasteiger partial charge in [0.05, 0.1) is 17.0 Å². The van der Waals surface area contributed by atoms with Gasteiger partial charge in [-0.1, -0.05) is 56.7 Å². The highest BCUT2D eigenvalue weighted by Gasteiger charge is 2.40. The molecule has 1 atom stereocenters. The van der Waals surface area contributed by atoms with Crippen LogP contribution in [0.3, 0.4) is 0 Å². The molecule has 1 saturated carbocycles. The van der Waals surface area contributed by atoms with Gasteiger partial charge in [0.2, 0.25) is 0 Å². The summed E-state index contributed by atoms with van der Waals surface area (Å²) in [7, 11) is 0. The van der Waals surface area contributed by atoms with Crippen molar-refractivity contribution >= 4 is 17.8 Å². The van der Waals surface area contributed by atoms with E-state index in [1.807, 2.05) is 13.8 Å². The molecule has 0 N–H and O–H groups in total. The topological polar surface area (TPSA) is 63.7 Å². The Bertz CT molecular complexity index is 626. The van der Waals surface area contributed by atoms with E-state index in [0.29, 0.717) is 11.0 Å². The molecule has 1 fully saturated rings. The molecule has 5 nitrogen and oxygen atoms in total. The van der Waals surface area contributed by atoms with Crippen LogP contribution in [-0.2, 0) is 9.63 Å². The number of carbonyl (C=O) groups excluding carboxylic acids is 3. The van der Waals surface area contributed by atoms with Gasteiger partial charge < -0.3 is 4.84 Å². The summed E-state index contributed by atoms with van der Waals surface area (Å²) in [5.41, 5.74) is 0.569. The van der Waals surface area contributed by atoms with Crippen LogP contribution in [0.4, 0.5) is 0 Å². The van der Waals surface area contributed by atoms with Crippen LogP contribution in [0, 0.1) is 17.8 Å². The molecule has 1 aliphatic carbocycles. The highest BCUT2D eigenvalue weighted by atomic mass is 16.7. The molecule has 1 aromatic carbocycles. The maximum atomic E-state index is 12.6. The Hall–Kier alpha value is -2.17. The largest absolute Gasteiger partial charge is 0.336 e. The van der Waals surface area contributed by atoms with Crippen LogP contribution >= 0.6 is 0 Å². The molecule has 0 spiro atoms. The molecule has 1 aliphatic heterocycles. The molecule has 0 aromatic heterocycles. The fraction of sp³-hybridized carbons (Fsp3) is 0.526. The number of imide groups is 1. The van der Waals surface area contributed by atoms with Crippen molar-refractivity contribution in [1.29, 1.82) is 0 Å². The van der Waals surface area contributed by atoms with Gasteiger partial charge in [0.25, 0.3) is 11.8 Å². The Morgan fingerprint density at radius 1 is 1.12 bits per heavy atom. The molecule has 0 radical (unpaired) electrons. The number of carbonyl (C=O) groups is 3. The summed E-state index contributed by atoms with van der Waals surface area (Å²) in [4.78, 5) is 42.5. The van der Waals surface area contributed by atoms with E-state index in [1.54, 1.807) is 24.3 Å². The highest BCUT2D eigenvalue weighted by molar-refractivity contribution is 6.20. The average Bonchev–Trinajstić information content (AvgIpc) is 3.16. The second-order valence-corrected chi connectivity index (χ2v) is 7.10.